The van der Waals surface area contributed by atoms with Gasteiger partial charge in [0.25, 0.3) is 3.79 Å². The Morgan fingerprint density at radius 3 is 2.19 bits per heavy atom. The van der Waals surface area contributed by atoms with Crippen molar-refractivity contribution in [1.82, 2.24) is 0 Å². The van der Waals surface area contributed by atoms with E-state index in [0.717, 1.165) is 12.8 Å². The fourth-order valence-electron chi connectivity index (χ4n) is 4.55. The smallest absolute Gasteiger partial charge is 0.303 e. The van der Waals surface area contributed by atoms with Crippen LogP contribution in [0.25, 0.3) is 0 Å². The van der Waals surface area contributed by atoms with Crippen LogP contribution in [0.4, 0.5) is 0 Å². The van der Waals surface area contributed by atoms with E-state index in [-0.39, 0.29) is 0 Å². The van der Waals surface area contributed by atoms with Gasteiger partial charge in [-0.3, -0.25) is 10.2 Å². The number of esters is 1. The second kappa shape index (κ2) is 12.4. The molecule has 0 amide bonds. The molecule has 4 unspecified atom stereocenters. The molecule has 0 aliphatic carbocycles. The van der Waals surface area contributed by atoms with Crippen LogP contribution in [0.1, 0.15) is 54.4 Å². The molecule has 3 saturated heterocycles. The summed E-state index contributed by atoms with van der Waals surface area (Å²) in [5.74, 6) is -2.32. The van der Waals surface area contributed by atoms with Gasteiger partial charge in [0, 0.05) is 13.5 Å². The first-order chi connectivity index (χ1) is 17.1. The van der Waals surface area contributed by atoms with Crippen molar-refractivity contribution in [3.8, 4) is 0 Å². The minimum atomic E-state index is -2.18. The highest BCUT2D eigenvalue weighted by Crippen LogP contribution is 2.41. The number of ether oxygens (including phenoxy) is 8. The normalized spacial score (nSPS) is 39.6. The number of alkyl halides is 3. The van der Waals surface area contributed by atoms with Crippen LogP contribution >= 0.6 is 34.8 Å². The van der Waals surface area contributed by atoms with Gasteiger partial charge in [-0.15, -0.1) is 0 Å². The van der Waals surface area contributed by atoms with Gasteiger partial charge in [0.2, 0.25) is 12.2 Å². The van der Waals surface area contributed by atoms with Crippen molar-refractivity contribution in [1.29, 1.82) is 5.41 Å². The van der Waals surface area contributed by atoms with E-state index in [9.17, 15) is 9.90 Å². The van der Waals surface area contributed by atoms with E-state index in [1.807, 2.05) is 6.92 Å². The highest BCUT2D eigenvalue weighted by molar-refractivity contribution is 6.76. The molecule has 0 aromatic heterocycles. The van der Waals surface area contributed by atoms with E-state index in [4.69, 9.17) is 78.1 Å². The van der Waals surface area contributed by atoms with Crippen LogP contribution in [-0.4, -0.2) is 94.6 Å². The molecule has 0 spiro atoms. The summed E-state index contributed by atoms with van der Waals surface area (Å²) in [5.41, 5.74) is 0. The lowest BCUT2D eigenvalue weighted by atomic mass is 9.97. The monoisotopic (exact) mass is 591 g/mol. The van der Waals surface area contributed by atoms with E-state index in [1.165, 1.54) is 6.92 Å². The van der Waals surface area contributed by atoms with Crippen molar-refractivity contribution in [3.05, 3.63) is 0 Å². The number of aliphatic hydroxyl groups is 1. The number of aliphatic hydroxyl groups excluding tert-OH is 1. The van der Waals surface area contributed by atoms with Crippen molar-refractivity contribution >= 4 is 46.7 Å². The molecule has 10 atom stereocenters. The Hall–Kier alpha value is -0.470. The summed E-state index contributed by atoms with van der Waals surface area (Å²) in [7, 11) is 0. The molecule has 0 bridgehead atoms. The van der Waals surface area contributed by atoms with E-state index >= 15 is 0 Å². The summed E-state index contributed by atoms with van der Waals surface area (Å²) >= 11 is 17.2. The van der Waals surface area contributed by atoms with Crippen LogP contribution in [-0.2, 0) is 42.7 Å². The van der Waals surface area contributed by atoms with Crippen LogP contribution in [0.15, 0.2) is 0 Å². The molecule has 0 radical (unpaired) electrons. The van der Waals surface area contributed by atoms with Gasteiger partial charge >= 0.3 is 5.97 Å². The molecule has 0 saturated carbocycles. The van der Waals surface area contributed by atoms with E-state index in [1.54, 1.807) is 20.8 Å². The van der Waals surface area contributed by atoms with Gasteiger partial charge in [-0.05, 0) is 34.1 Å². The zero-order valence-electron chi connectivity index (χ0n) is 21.7. The van der Waals surface area contributed by atoms with Gasteiger partial charge < -0.3 is 43.0 Å². The zero-order valence-corrected chi connectivity index (χ0v) is 23.9. The van der Waals surface area contributed by atoms with Gasteiger partial charge in [0.1, 0.15) is 30.5 Å². The molecule has 3 aliphatic rings. The number of hydrogen-bond donors (Lipinski definition) is 2. The molecule has 2 N–H and O–H groups in total. The molecule has 0 aromatic carbocycles. The quantitative estimate of drug-likeness (QED) is 0.142. The van der Waals surface area contributed by atoms with Crippen molar-refractivity contribution in [2.24, 2.45) is 0 Å². The number of rotatable bonds is 8. The topological polar surface area (TPSA) is 135 Å². The van der Waals surface area contributed by atoms with E-state index < -0.39 is 82.9 Å². The Balaban J connectivity index is 1.84. The first kappa shape index (κ1) is 31.1. The Morgan fingerprint density at radius 1 is 1.00 bits per heavy atom. The predicted octanol–water partition coefficient (Wildman–Crippen LogP) is 3.22. The Morgan fingerprint density at radius 2 is 1.59 bits per heavy atom. The molecule has 37 heavy (non-hydrogen) atoms. The van der Waals surface area contributed by atoms with Crippen LogP contribution < -0.4 is 0 Å². The first-order valence-corrected chi connectivity index (χ1v) is 13.4. The minimum absolute atomic E-state index is 0.415. The number of unbranched alkanes of at least 4 members (excludes halogenated alkanes) is 1. The second-order valence-electron chi connectivity index (χ2n) is 9.78. The summed E-state index contributed by atoms with van der Waals surface area (Å²) in [6.07, 6.45) is -7.43. The maximum atomic E-state index is 11.9. The predicted molar refractivity (Wildman–Crippen MR) is 133 cm³/mol. The molecule has 3 rings (SSSR count). The maximum Gasteiger partial charge on any atom is 0.303 e. The average Bonchev–Trinajstić information content (AvgIpc) is 3.10. The molecule has 214 valence electrons. The zero-order chi connectivity index (χ0) is 27.7. The Labute approximate surface area is 231 Å². The lowest BCUT2D eigenvalue weighted by Gasteiger charge is -2.46. The number of carbonyl (C=O) groups is 1. The lowest BCUT2D eigenvalue weighted by Crippen LogP contribution is -2.64. The molecule has 3 fully saturated rings. The number of halogens is 3. The van der Waals surface area contributed by atoms with Gasteiger partial charge in [0.15, 0.2) is 18.2 Å². The van der Waals surface area contributed by atoms with Gasteiger partial charge in [-0.2, -0.15) is 0 Å². The first-order valence-electron chi connectivity index (χ1n) is 12.3. The molecular weight excluding hydrogens is 557 g/mol. The summed E-state index contributed by atoms with van der Waals surface area (Å²) < 4.78 is 44.9. The van der Waals surface area contributed by atoms with Crippen molar-refractivity contribution in [2.75, 3.05) is 6.61 Å². The summed E-state index contributed by atoms with van der Waals surface area (Å²) in [5, 5.41) is 19.0. The van der Waals surface area contributed by atoms with Crippen molar-refractivity contribution in [2.45, 2.75) is 125 Å². The molecular formula is C23H36Cl3NO10. The lowest BCUT2D eigenvalue weighted by molar-refractivity contribution is -0.342. The molecule has 14 heteroatoms. The molecule has 11 nitrogen and oxygen atoms in total. The number of fused-ring (bicyclic) bond motifs is 1. The molecule has 3 aliphatic heterocycles. The van der Waals surface area contributed by atoms with E-state index in [0.29, 0.717) is 6.61 Å². The van der Waals surface area contributed by atoms with Crippen LogP contribution in [0, 0.1) is 5.41 Å². The third-order valence-corrected chi connectivity index (χ3v) is 6.73. The van der Waals surface area contributed by atoms with Gasteiger partial charge in [-0.1, -0.05) is 48.1 Å². The fourth-order valence-corrected chi connectivity index (χ4v) is 4.69. The highest BCUT2D eigenvalue weighted by Gasteiger charge is 2.58. The number of hydrogen-bond acceptors (Lipinski definition) is 11. The second-order valence-corrected chi connectivity index (χ2v) is 12.1. The standard InChI is InChI=1S/C23H36Cl3NO10/c1-7-8-9-30-14-10(2)32-20(18-17(14)36-22(5,6)37-18)34-16-13(29)19(35-21(27)23(24,25)26)31-11(3)15(16)33-12(4)28/h10-11,13-20,27,29H,7-9H2,1-6H3/t10?,11?,13-,14+,15+,16?,17?,18+,19-,20+/m1/s1. The fraction of sp³-hybridized carbons (Fsp3) is 0.913. The Kier molecular flexibility index (Phi) is 10.4. The highest BCUT2D eigenvalue weighted by atomic mass is 35.6. The third kappa shape index (κ3) is 7.59. The summed E-state index contributed by atoms with van der Waals surface area (Å²) in [6.45, 7) is 10.8. The van der Waals surface area contributed by atoms with Crippen LogP contribution in [0.3, 0.4) is 0 Å². The Bertz CT molecular complexity index is 812. The van der Waals surface area contributed by atoms with Gasteiger partial charge in [-0.25, -0.2) is 0 Å². The summed E-state index contributed by atoms with van der Waals surface area (Å²) in [6, 6.07) is 0. The van der Waals surface area contributed by atoms with E-state index in [2.05, 4.69) is 6.92 Å². The van der Waals surface area contributed by atoms with Gasteiger partial charge in [0.05, 0.1) is 12.2 Å². The van der Waals surface area contributed by atoms with Crippen LogP contribution in [0.5, 0.6) is 0 Å². The number of carbonyl (C=O) groups excluding carboxylic acids is 1. The van der Waals surface area contributed by atoms with Crippen molar-refractivity contribution in [3.63, 3.8) is 0 Å². The summed E-state index contributed by atoms with van der Waals surface area (Å²) in [4.78, 5) is 11.9. The maximum absolute atomic E-state index is 11.9. The average molecular weight is 593 g/mol. The minimum Gasteiger partial charge on any atom is -0.457 e. The third-order valence-electron chi connectivity index (χ3n) is 6.21. The van der Waals surface area contributed by atoms with Crippen molar-refractivity contribution < 1.29 is 47.8 Å². The molecule has 3 heterocycles. The number of nitrogens with one attached hydrogen (secondary N) is 1. The SMILES string of the molecule is CCCCO[C@H]1C(C)O[C@@H](OC2[C@@H](OC(C)=O)C(C)O[C@H](OC(=N)C(Cl)(Cl)Cl)[C@@H]2O)[C@H]2OC(C)(C)OC12. The molecule has 0 aromatic rings. The largest absolute Gasteiger partial charge is 0.457 e. The van der Waals surface area contributed by atoms with Crippen LogP contribution in [0.2, 0.25) is 0 Å².